The molecule has 1 aliphatic rings. The molecule has 24 heavy (non-hydrogen) atoms. The van der Waals surface area contributed by atoms with Crippen molar-refractivity contribution in [2.75, 3.05) is 31.1 Å². The molecular formula is C17H23ClN4OS. The molecule has 0 atom stereocenters. The first-order valence-electron chi connectivity index (χ1n) is 8.47. The number of piperazine rings is 1. The molecule has 1 aromatic carbocycles. The first kappa shape index (κ1) is 17.3. The number of halogens is 1. The second-order valence-electron chi connectivity index (χ2n) is 6.05. The van der Waals surface area contributed by atoms with Crippen LogP contribution in [-0.2, 0) is 0 Å². The quantitative estimate of drug-likeness (QED) is 0.890. The second kappa shape index (κ2) is 7.57. The Hall–Kier alpha value is -1.53. The summed E-state index contributed by atoms with van der Waals surface area (Å²) < 4.78 is 1.10. The Morgan fingerprint density at radius 1 is 1.29 bits per heavy atom. The van der Waals surface area contributed by atoms with Crippen molar-refractivity contribution in [3.8, 4) is 0 Å². The van der Waals surface area contributed by atoms with Crippen molar-refractivity contribution in [3.63, 3.8) is 0 Å². The van der Waals surface area contributed by atoms with Crippen LogP contribution >= 0.6 is 22.9 Å². The van der Waals surface area contributed by atoms with E-state index in [1.54, 1.807) is 11.3 Å². The molecule has 2 heterocycles. The van der Waals surface area contributed by atoms with Gasteiger partial charge in [-0.25, -0.2) is 9.78 Å². The van der Waals surface area contributed by atoms with Crippen LogP contribution in [0.15, 0.2) is 18.2 Å². The third kappa shape index (κ3) is 3.75. The molecule has 2 aromatic rings. The van der Waals surface area contributed by atoms with Gasteiger partial charge in [-0.3, -0.25) is 0 Å². The second-order valence-corrected chi connectivity index (χ2v) is 7.49. The Kier molecular flexibility index (Phi) is 5.46. The van der Waals surface area contributed by atoms with Gasteiger partial charge in [0.25, 0.3) is 0 Å². The first-order chi connectivity index (χ1) is 11.6. The highest BCUT2D eigenvalue weighted by Crippen LogP contribution is 2.31. The Bertz CT molecular complexity index is 708. The largest absolute Gasteiger partial charge is 0.345 e. The molecule has 1 N–H and O–H groups in total. The molecule has 0 bridgehead atoms. The van der Waals surface area contributed by atoms with E-state index in [1.165, 1.54) is 0 Å². The minimum Gasteiger partial charge on any atom is -0.345 e. The lowest BCUT2D eigenvalue weighted by Crippen LogP contribution is -2.53. The number of aromatic nitrogens is 1. The third-order valence-corrected chi connectivity index (χ3v) is 5.80. The molecule has 130 valence electrons. The molecule has 2 amide bonds. The third-order valence-electron chi connectivity index (χ3n) is 4.49. The van der Waals surface area contributed by atoms with Crippen molar-refractivity contribution in [2.45, 2.75) is 32.7 Å². The van der Waals surface area contributed by atoms with Crippen molar-refractivity contribution >= 4 is 44.3 Å². The fourth-order valence-corrected chi connectivity index (χ4v) is 4.17. The monoisotopic (exact) mass is 366 g/mol. The molecule has 1 saturated heterocycles. The van der Waals surface area contributed by atoms with Crippen LogP contribution in [0, 0.1) is 0 Å². The van der Waals surface area contributed by atoms with Gasteiger partial charge in [-0.2, -0.15) is 0 Å². The van der Waals surface area contributed by atoms with Gasteiger partial charge in [0.2, 0.25) is 0 Å². The molecular weight excluding hydrogens is 344 g/mol. The number of carbonyl (C=O) groups excluding carboxylic acids is 1. The molecule has 0 saturated carbocycles. The van der Waals surface area contributed by atoms with Crippen LogP contribution in [0.1, 0.15) is 26.7 Å². The summed E-state index contributed by atoms with van der Waals surface area (Å²) in [6.45, 7) is 7.27. The number of nitrogens with one attached hydrogen (secondary N) is 1. The fourth-order valence-electron chi connectivity index (χ4n) is 2.88. The Balaban J connectivity index is 1.60. The number of benzene rings is 1. The number of anilines is 1. The van der Waals surface area contributed by atoms with Crippen LogP contribution in [0.25, 0.3) is 10.2 Å². The summed E-state index contributed by atoms with van der Waals surface area (Å²) in [5.41, 5.74) is 0.980. The van der Waals surface area contributed by atoms with E-state index in [-0.39, 0.29) is 12.1 Å². The number of carbonyl (C=O) groups is 1. The van der Waals surface area contributed by atoms with Crippen LogP contribution in [0.5, 0.6) is 0 Å². The zero-order valence-corrected chi connectivity index (χ0v) is 15.7. The standard InChI is InChI=1S/C17H23ClN4OS/c1-3-13(4-2)19-16(23)21-7-9-22(10-8-21)17-20-14-6-5-12(18)11-15(14)24-17/h5-6,11,13H,3-4,7-10H2,1-2H3,(H,19,23). The zero-order chi connectivity index (χ0) is 17.1. The van der Waals surface area contributed by atoms with E-state index in [1.807, 2.05) is 23.1 Å². The summed E-state index contributed by atoms with van der Waals surface area (Å²) in [6, 6.07) is 6.10. The molecule has 0 unspecified atom stereocenters. The van der Waals surface area contributed by atoms with E-state index < -0.39 is 0 Å². The maximum atomic E-state index is 12.3. The van der Waals surface area contributed by atoms with Gasteiger partial charge < -0.3 is 15.1 Å². The Morgan fingerprint density at radius 3 is 2.67 bits per heavy atom. The number of thiazole rings is 1. The summed E-state index contributed by atoms with van der Waals surface area (Å²) in [6.07, 6.45) is 1.94. The van der Waals surface area contributed by atoms with Gasteiger partial charge in [0.05, 0.1) is 10.2 Å². The molecule has 3 rings (SSSR count). The highest BCUT2D eigenvalue weighted by molar-refractivity contribution is 7.22. The van der Waals surface area contributed by atoms with Gasteiger partial charge in [-0.1, -0.05) is 36.8 Å². The number of nitrogens with zero attached hydrogens (tertiary/aromatic N) is 3. The summed E-state index contributed by atoms with van der Waals surface area (Å²) in [4.78, 5) is 21.2. The molecule has 7 heteroatoms. The summed E-state index contributed by atoms with van der Waals surface area (Å²) in [7, 11) is 0. The number of fused-ring (bicyclic) bond motifs is 1. The maximum Gasteiger partial charge on any atom is 0.317 e. The van der Waals surface area contributed by atoms with Crippen molar-refractivity contribution in [1.82, 2.24) is 15.2 Å². The van der Waals surface area contributed by atoms with Crippen molar-refractivity contribution in [1.29, 1.82) is 0 Å². The van der Waals surface area contributed by atoms with Crippen LogP contribution in [0.2, 0.25) is 5.02 Å². The maximum absolute atomic E-state index is 12.3. The molecule has 0 spiro atoms. The topological polar surface area (TPSA) is 48.5 Å². The molecule has 0 radical (unpaired) electrons. The lowest BCUT2D eigenvalue weighted by atomic mass is 10.2. The highest BCUT2D eigenvalue weighted by atomic mass is 35.5. The smallest absolute Gasteiger partial charge is 0.317 e. The Labute approximate surface area is 151 Å². The molecule has 1 aromatic heterocycles. The number of hydrogen-bond donors (Lipinski definition) is 1. The van der Waals surface area contributed by atoms with Gasteiger partial charge in [0.1, 0.15) is 0 Å². The number of rotatable bonds is 4. The normalized spacial score (nSPS) is 15.3. The SMILES string of the molecule is CCC(CC)NC(=O)N1CCN(c2nc3ccc(Cl)cc3s2)CC1. The van der Waals surface area contributed by atoms with Crippen molar-refractivity contribution in [3.05, 3.63) is 23.2 Å². The predicted molar refractivity (Wildman–Crippen MR) is 101 cm³/mol. The van der Waals surface area contributed by atoms with E-state index >= 15 is 0 Å². The predicted octanol–water partition coefficient (Wildman–Crippen LogP) is 3.97. The van der Waals surface area contributed by atoms with E-state index in [9.17, 15) is 4.79 Å². The first-order valence-corrected chi connectivity index (χ1v) is 9.66. The van der Waals surface area contributed by atoms with E-state index in [0.29, 0.717) is 0 Å². The minimum absolute atomic E-state index is 0.0550. The summed E-state index contributed by atoms with van der Waals surface area (Å²) in [5.74, 6) is 0. The van der Waals surface area contributed by atoms with Crippen molar-refractivity contribution in [2.24, 2.45) is 0 Å². The van der Waals surface area contributed by atoms with E-state index in [0.717, 1.165) is 59.4 Å². The van der Waals surface area contributed by atoms with Crippen LogP contribution < -0.4 is 10.2 Å². The fraction of sp³-hybridized carbons (Fsp3) is 0.529. The van der Waals surface area contributed by atoms with Crippen LogP contribution in [0.3, 0.4) is 0 Å². The van der Waals surface area contributed by atoms with Gasteiger partial charge in [0.15, 0.2) is 5.13 Å². The van der Waals surface area contributed by atoms with Crippen LogP contribution in [0.4, 0.5) is 9.93 Å². The van der Waals surface area contributed by atoms with Gasteiger partial charge in [-0.05, 0) is 31.0 Å². The Morgan fingerprint density at radius 2 is 2.00 bits per heavy atom. The van der Waals surface area contributed by atoms with Crippen molar-refractivity contribution < 1.29 is 4.79 Å². The lowest BCUT2D eigenvalue weighted by Gasteiger charge is -2.35. The van der Waals surface area contributed by atoms with Gasteiger partial charge in [-0.15, -0.1) is 0 Å². The lowest BCUT2D eigenvalue weighted by molar-refractivity contribution is 0.189. The van der Waals surface area contributed by atoms with Gasteiger partial charge in [0, 0.05) is 37.2 Å². The molecule has 5 nitrogen and oxygen atoms in total. The highest BCUT2D eigenvalue weighted by Gasteiger charge is 2.24. The molecule has 1 fully saturated rings. The number of amides is 2. The van der Waals surface area contributed by atoms with E-state index in [4.69, 9.17) is 11.6 Å². The van der Waals surface area contributed by atoms with Crippen LogP contribution in [-0.4, -0.2) is 48.1 Å². The zero-order valence-electron chi connectivity index (χ0n) is 14.1. The minimum atomic E-state index is 0.0550. The van der Waals surface area contributed by atoms with E-state index in [2.05, 4.69) is 29.0 Å². The molecule has 0 aliphatic carbocycles. The van der Waals surface area contributed by atoms with Gasteiger partial charge >= 0.3 is 6.03 Å². The summed E-state index contributed by atoms with van der Waals surface area (Å²) in [5, 5.41) is 4.85. The molecule has 1 aliphatic heterocycles. The summed E-state index contributed by atoms with van der Waals surface area (Å²) >= 11 is 7.70. The average molecular weight is 367 g/mol. The average Bonchev–Trinajstić information content (AvgIpc) is 3.02. The number of urea groups is 1. The number of hydrogen-bond acceptors (Lipinski definition) is 4.